The maximum absolute atomic E-state index is 13.1. The van der Waals surface area contributed by atoms with Gasteiger partial charge in [-0.25, -0.2) is 4.39 Å². The van der Waals surface area contributed by atoms with Crippen molar-refractivity contribution >= 4 is 22.4 Å². The first-order valence-electron chi connectivity index (χ1n) is 9.55. The lowest BCUT2D eigenvalue weighted by atomic mass is 10.1. The minimum absolute atomic E-state index is 0.00769. The van der Waals surface area contributed by atoms with Crippen molar-refractivity contribution in [1.82, 2.24) is 4.90 Å². The van der Waals surface area contributed by atoms with Crippen LogP contribution in [0.15, 0.2) is 66.7 Å². The highest BCUT2D eigenvalue weighted by Crippen LogP contribution is 2.26. The first-order valence-corrected chi connectivity index (χ1v) is 9.55. The maximum Gasteiger partial charge on any atom is 0.263 e. The molecule has 4 nitrogen and oxygen atoms in total. The van der Waals surface area contributed by atoms with Gasteiger partial charge < -0.3 is 14.5 Å². The summed E-state index contributed by atoms with van der Waals surface area (Å²) in [5, 5.41) is 2.10. The number of piperazine rings is 1. The van der Waals surface area contributed by atoms with Gasteiger partial charge in [-0.05, 0) is 42.6 Å². The van der Waals surface area contributed by atoms with E-state index in [4.69, 9.17) is 4.74 Å². The molecule has 28 heavy (non-hydrogen) atoms. The first kappa shape index (κ1) is 18.3. The average Bonchev–Trinajstić information content (AvgIpc) is 2.74. The molecule has 0 spiro atoms. The van der Waals surface area contributed by atoms with Crippen molar-refractivity contribution in [1.29, 1.82) is 0 Å². The van der Waals surface area contributed by atoms with Gasteiger partial charge in [-0.3, -0.25) is 4.79 Å². The highest BCUT2D eigenvalue weighted by atomic mass is 19.1. The predicted molar refractivity (Wildman–Crippen MR) is 109 cm³/mol. The molecule has 3 aromatic carbocycles. The summed E-state index contributed by atoms with van der Waals surface area (Å²) in [6.45, 7) is 4.49. The minimum atomic E-state index is -0.553. The molecule has 1 atom stereocenters. The molecule has 0 radical (unpaired) electrons. The SMILES string of the molecule is C[C@@H](Oc1cccc2ccccc12)C(=O)N1CCN(c2ccc(F)cc2)CC1. The van der Waals surface area contributed by atoms with Crippen LogP contribution in [0.5, 0.6) is 5.75 Å². The lowest BCUT2D eigenvalue weighted by Crippen LogP contribution is -2.52. The molecule has 0 unspecified atom stereocenters. The largest absolute Gasteiger partial charge is 0.480 e. The van der Waals surface area contributed by atoms with Crippen LogP contribution in [0, 0.1) is 5.82 Å². The second-order valence-electron chi connectivity index (χ2n) is 7.03. The van der Waals surface area contributed by atoms with Gasteiger partial charge in [0, 0.05) is 37.3 Å². The summed E-state index contributed by atoms with van der Waals surface area (Å²) >= 11 is 0. The number of amides is 1. The smallest absolute Gasteiger partial charge is 0.263 e. The summed E-state index contributed by atoms with van der Waals surface area (Å²) in [6, 6.07) is 20.3. The van der Waals surface area contributed by atoms with Crippen LogP contribution < -0.4 is 9.64 Å². The molecule has 5 heteroatoms. The Bertz CT molecular complexity index is 961. The van der Waals surface area contributed by atoms with Crippen LogP contribution in [0.2, 0.25) is 0 Å². The number of carbonyl (C=O) groups is 1. The van der Waals surface area contributed by atoms with Gasteiger partial charge in [-0.15, -0.1) is 0 Å². The van der Waals surface area contributed by atoms with E-state index in [2.05, 4.69) is 4.90 Å². The van der Waals surface area contributed by atoms with Gasteiger partial charge in [0.2, 0.25) is 0 Å². The Kier molecular flexibility index (Phi) is 5.15. The number of rotatable bonds is 4. The van der Waals surface area contributed by atoms with Crippen LogP contribution in [0.4, 0.5) is 10.1 Å². The number of hydrogen-bond donors (Lipinski definition) is 0. The van der Waals surface area contributed by atoms with Gasteiger partial charge in [0.1, 0.15) is 11.6 Å². The van der Waals surface area contributed by atoms with Crippen molar-refractivity contribution in [2.45, 2.75) is 13.0 Å². The first-order chi connectivity index (χ1) is 13.6. The normalized spacial score (nSPS) is 15.5. The van der Waals surface area contributed by atoms with Crippen LogP contribution in [0.1, 0.15) is 6.92 Å². The fraction of sp³-hybridized carbons (Fsp3) is 0.261. The third-order valence-corrected chi connectivity index (χ3v) is 5.18. The van der Waals surface area contributed by atoms with E-state index in [0.29, 0.717) is 13.1 Å². The van der Waals surface area contributed by atoms with E-state index >= 15 is 0 Å². The zero-order valence-electron chi connectivity index (χ0n) is 15.8. The Labute approximate surface area is 164 Å². The van der Waals surface area contributed by atoms with Gasteiger partial charge in [0.25, 0.3) is 5.91 Å². The van der Waals surface area contributed by atoms with Crippen LogP contribution in [-0.2, 0) is 4.79 Å². The minimum Gasteiger partial charge on any atom is -0.480 e. The maximum atomic E-state index is 13.1. The summed E-state index contributed by atoms with van der Waals surface area (Å²) in [7, 11) is 0. The molecule has 0 aliphatic carbocycles. The quantitative estimate of drug-likeness (QED) is 0.685. The molecular weight excluding hydrogens is 355 g/mol. The fourth-order valence-corrected chi connectivity index (χ4v) is 3.63. The number of ether oxygens (including phenoxy) is 1. The molecular formula is C23H23FN2O2. The zero-order chi connectivity index (χ0) is 19.5. The lowest BCUT2D eigenvalue weighted by Gasteiger charge is -2.37. The molecule has 1 amide bonds. The van der Waals surface area contributed by atoms with E-state index in [1.54, 1.807) is 19.1 Å². The topological polar surface area (TPSA) is 32.8 Å². The Morgan fingerprint density at radius 3 is 2.36 bits per heavy atom. The van der Waals surface area contributed by atoms with Crippen LogP contribution in [0.25, 0.3) is 10.8 Å². The van der Waals surface area contributed by atoms with E-state index < -0.39 is 6.10 Å². The van der Waals surface area contributed by atoms with Crippen LogP contribution >= 0.6 is 0 Å². The van der Waals surface area contributed by atoms with Gasteiger partial charge in [0.15, 0.2) is 6.10 Å². The number of nitrogens with zero attached hydrogens (tertiary/aromatic N) is 2. The van der Waals surface area contributed by atoms with E-state index in [-0.39, 0.29) is 11.7 Å². The predicted octanol–water partition coefficient (Wildman–Crippen LogP) is 4.10. The molecule has 1 aliphatic rings. The van der Waals surface area contributed by atoms with Crippen molar-refractivity contribution in [3.05, 3.63) is 72.5 Å². The van der Waals surface area contributed by atoms with E-state index in [9.17, 15) is 9.18 Å². The lowest BCUT2D eigenvalue weighted by molar-refractivity contribution is -0.138. The third-order valence-electron chi connectivity index (χ3n) is 5.18. The molecule has 144 valence electrons. The third kappa shape index (κ3) is 3.79. The van der Waals surface area contributed by atoms with E-state index in [1.165, 1.54) is 12.1 Å². The number of halogens is 1. The van der Waals surface area contributed by atoms with Gasteiger partial charge in [0.05, 0.1) is 0 Å². The summed E-state index contributed by atoms with van der Waals surface area (Å²) in [6.07, 6.45) is -0.553. The van der Waals surface area contributed by atoms with E-state index in [1.807, 2.05) is 47.4 Å². The average molecular weight is 378 g/mol. The van der Waals surface area contributed by atoms with Crippen LogP contribution in [-0.4, -0.2) is 43.1 Å². The van der Waals surface area contributed by atoms with Gasteiger partial charge >= 0.3 is 0 Å². The molecule has 1 saturated heterocycles. The second-order valence-corrected chi connectivity index (χ2v) is 7.03. The van der Waals surface area contributed by atoms with Crippen molar-refractivity contribution in [3.8, 4) is 5.75 Å². The van der Waals surface area contributed by atoms with Crippen LogP contribution in [0.3, 0.4) is 0 Å². The molecule has 0 saturated carbocycles. The molecule has 0 bridgehead atoms. The summed E-state index contributed by atoms with van der Waals surface area (Å²) in [5.41, 5.74) is 0.980. The van der Waals surface area contributed by atoms with Gasteiger partial charge in [-0.2, -0.15) is 0 Å². The second kappa shape index (κ2) is 7.89. The Balaban J connectivity index is 1.39. The molecule has 1 aliphatic heterocycles. The highest BCUT2D eigenvalue weighted by molar-refractivity contribution is 5.89. The number of fused-ring (bicyclic) bond motifs is 1. The summed E-state index contributed by atoms with van der Waals surface area (Å²) < 4.78 is 19.1. The zero-order valence-corrected chi connectivity index (χ0v) is 15.8. The fourth-order valence-electron chi connectivity index (χ4n) is 3.63. The molecule has 0 aromatic heterocycles. The number of carbonyl (C=O) groups excluding carboxylic acids is 1. The van der Waals surface area contributed by atoms with Crippen molar-refractivity contribution in [3.63, 3.8) is 0 Å². The summed E-state index contributed by atoms with van der Waals surface area (Å²) in [4.78, 5) is 16.9. The van der Waals surface area contributed by atoms with Crippen molar-refractivity contribution in [2.24, 2.45) is 0 Å². The molecule has 1 fully saturated rings. The summed E-state index contributed by atoms with van der Waals surface area (Å²) in [5.74, 6) is 0.479. The molecule has 3 aromatic rings. The Morgan fingerprint density at radius 1 is 0.929 bits per heavy atom. The van der Waals surface area contributed by atoms with E-state index in [0.717, 1.165) is 35.3 Å². The Hall–Kier alpha value is -3.08. The van der Waals surface area contributed by atoms with Gasteiger partial charge in [-0.1, -0.05) is 36.4 Å². The molecule has 0 N–H and O–H groups in total. The number of hydrogen-bond acceptors (Lipinski definition) is 3. The van der Waals surface area contributed by atoms with Crippen molar-refractivity contribution < 1.29 is 13.9 Å². The van der Waals surface area contributed by atoms with Crippen molar-refractivity contribution in [2.75, 3.05) is 31.1 Å². The number of anilines is 1. The monoisotopic (exact) mass is 378 g/mol. The molecule has 4 rings (SSSR count). The Morgan fingerprint density at radius 2 is 1.61 bits per heavy atom. The number of benzene rings is 3. The molecule has 1 heterocycles. The highest BCUT2D eigenvalue weighted by Gasteiger charge is 2.26. The standard InChI is InChI=1S/C23H23FN2O2/c1-17(28-22-8-4-6-18-5-2-3-7-21(18)22)23(27)26-15-13-25(14-16-26)20-11-9-19(24)10-12-20/h2-12,17H,13-16H2,1H3/t17-/m1/s1.